The second-order valence-corrected chi connectivity index (χ2v) is 6.06. The third-order valence-corrected chi connectivity index (χ3v) is 4.45. The van der Waals surface area contributed by atoms with E-state index >= 15 is 0 Å². The summed E-state index contributed by atoms with van der Waals surface area (Å²) in [5.74, 6) is 1.08. The van der Waals surface area contributed by atoms with Gasteiger partial charge in [-0.05, 0) is 43.1 Å². The van der Waals surface area contributed by atoms with Crippen LogP contribution in [0.3, 0.4) is 0 Å². The van der Waals surface area contributed by atoms with Gasteiger partial charge in [-0.3, -0.25) is 0 Å². The van der Waals surface area contributed by atoms with Gasteiger partial charge >= 0.3 is 6.18 Å². The van der Waals surface area contributed by atoms with Crippen LogP contribution >= 0.6 is 11.5 Å². The van der Waals surface area contributed by atoms with Gasteiger partial charge in [0, 0.05) is 11.8 Å². The van der Waals surface area contributed by atoms with Crippen LogP contribution in [0.25, 0.3) is 17.1 Å². The summed E-state index contributed by atoms with van der Waals surface area (Å²) in [4.78, 5) is 4.46. The van der Waals surface area contributed by atoms with Gasteiger partial charge in [0.2, 0.25) is 0 Å². The van der Waals surface area contributed by atoms with Crippen molar-refractivity contribution in [1.82, 2.24) is 19.1 Å². The van der Waals surface area contributed by atoms with Gasteiger partial charge in [0.15, 0.2) is 11.6 Å². The van der Waals surface area contributed by atoms with Gasteiger partial charge in [-0.2, -0.15) is 22.6 Å². The van der Waals surface area contributed by atoms with Gasteiger partial charge in [0.05, 0.1) is 22.5 Å². The topological polar surface area (TPSA) is 43.6 Å². The molecule has 0 unspecified atom stereocenters. The van der Waals surface area contributed by atoms with E-state index in [9.17, 15) is 13.2 Å². The summed E-state index contributed by atoms with van der Waals surface area (Å²) in [5.41, 5.74) is 1.40. The van der Waals surface area contributed by atoms with Crippen molar-refractivity contribution in [3.8, 4) is 17.1 Å². The summed E-state index contributed by atoms with van der Waals surface area (Å²) < 4.78 is 45.3. The highest BCUT2D eigenvalue weighted by Gasteiger charge is 2.33. The third kappa shape index (κ3) is 2.93. The largest absolute Gasteiger partial charge is 0.416 e. The average molecular weight is 352 g/mol. The van der Waals surface area contributed by atoms with Gasteiger partial charge in [-0.15, -0.1) is 0 Å². The van der Waals surface area contributed by atoms with Crippen LogP contribution in [0.15, 0.2) is 23.6 Å². The van der Waals surface area contributed by atoms with Gasteiger partial charge in [0.25, 0.3) is 0 Å². The molecule has 0 aliphatic heterocycles. The van der Waals surface area contributed by atoms with Crippen LogP contribution < -0.4 is 0 Å². The van der Waals surface area contributed by atoms with Crippen LogP contribution in [0.5, 0.6) is 0 Å². The van der Waals surface area contributed by atoms with Crippen LogP contribution in [-0.4, -0.2) is 19.1 Å². The zero-order valence-electron chi connectivity index (χ0n) is 13.3. The standard InChI is InChI=1S/C16H15F3N4S/c1-4-14-20-15(12-8-24-22-10(12)3)23(21-14)11-6-5-9(2)13(7-11)16(17,18)19/h5-8H,4H2,1-3H3. The number of alkyl halides is 3. The molecule has 0 atom stereocenters. The van der Waals surface area contributed by atoms with E-state index < -0.39 is 11.7 Å². The lowest BCUT2D eigenvalue weighted by atomic mass is 10.1. The number of benzene rings is 1. The second-order valence-electron chi connectivity index (χ2n) is 5.43. The van der Waals surface area contributed by atoms with Crippen LogP contribution in [0.4, 0.5) is 13.2 Å². The van der Waals surface area contributed by atoms with Crippen molar-refractivity contribution in [1.29, 1.82) is 0 Å². The molecule has 0 radical (unpaired) electrons. The highest BCUT2D eigenvalue weighted by atomic mass is 32.1. The van der Waals surface area contributed by atoms with E-state index in [0.29, 0.717) is 23.8 Å². The fourth-order valence-electron chi connectivity index (χ4n) is 2.41. The van der Waals surface area contributed by atoms with E-state index in [0.717, 1.165) is 17.3 Å². The minimum Gasteiger partial charge on any atom is -0.213 e. The molecular weight excluding hydrogens is 337 g/mol. The molecule has 0 aliphatic carbocycles. The van der Waals surface area contributed by atoms with Crippen molar-refractivity contribution >= 4 is 11.5 Å². The number of rotatable bonds is 3. The van der Waals surface area contributed by atoms with Crippen molar-refractivity contribution < 1.29 is 13.2 Å². The van der Waals surface area contributed by atoms with Crippen molar-refractivity contribution in [2.45, 2.75) is 33.4 Å². The zero-order chi connectivity index (χ0) is 17.5. The highest BCUT2D eigenvalue weighted by molar-refractivity contribution is 7.04. The maximum atomic E-state index is 13.2. The summed E-state index contributed by atoms with van der Waals surface area (Å²) in [5, 5.41) is 6.19. The van der Waals surface area contributed by atoms with Crippen LogP contribution in [0.2, 0.25) is 0 Å². The molecule has 0 saturated heterocycles. The van der Waals surface area contributed by atoms with Crippen molar-refractivity contribution in [2.24, 2.45) is 0 Å². The molecule has 0 spiro atoms. The number of aryl methyl sites for hydroxylation is 3. The number of aromatic nitrogens is 4. The molecule has 0 saturated carbocycles. The minimum atomic E-state index is -4.41. The van der Waals surface area contributed by atoms with Gasteiger partial charge in [-0.1, -0.05) is 13.0 Å². The van der Waals surface area contributed by atoms with Crippen LogP contribution in [0, 0.1) is 13.8 Å². The van der Waals surface area contributed by atoms with Crippen molar-refractivity contribution in [3.63, 3.8) is 0 Å². The van der Waals surface area contributed by atoms with E-state index in [2.05, 4.69) is 14.5 Å². The molecule has 0 fully saturated rings. The normalized spacial score (nSPS) is 11.9. The van der Waals surface area contributed by atoms with Crippen molar-refractivity contribution in [3.05, 3.63) is 46.2 Å². The Balaban J connectivity index is 2.20. The lowest BCUT2D eigenvalue weighted by Gasteiger charge is -2.13. The Bertz CT molecular complexity index is 880. The maximum Gasteiger partial charge on any atom is 0.416 e. The highest BCUT2D eigenvalue weighted by Crippen LogP contribution is 2.34. The maximum absolute atomic E-state index is 13.2. The number of halogens is 3. The molecule has 24 heavy (non-hydrogen) atoms. The van der Waals surface area contributed by atoms with Gasteiger partial charge < -0.3 is 0 Å². The Morgan fingerprint density at radius 2 is 1.96 bits per heavy atom. The summed E-state index contributed by atoms with van der Waals surface area (Å²) in [6.07, 6.45) is -3.82. The van der Waals surface area contributed by atoms with E-state index in [1.165, 1.54) is 29.2 Å². The zero-order valence-corrected chi connectivity index (χ0v) is 14.2. The summed E-state index contributed by atoms with van der Waals surface area (Å²) in [6.45, 7) is 5.19. The summed E-state index contributed by atoms with van der Waals surface area (Å²) in [6, 6.07) is 4.19. The molecule has 2 heterocycles. The monoisotopic (exact) mass is 352 g/mol. The Labute approximate surface area is 141 Å². The lowest BCUT2D eigenvalue weighted by Crippen LogP contribution is -2.09. The molecule has 0 N–H and O–H groups in total. The molecule has 8 heteroatoms. The second kappa shape index (κ2) is 6.01. The summed E-state index contributed by atoms with van der Waals surface area (Å²) in [7, 11) is 0. The first-order valence-corrected chi connectivity index (χ1v) is 8.20. The molecule has 2 aromatic heterocycles. The predicted molar refractivity (Wildman–Crippen MR) is 86.3 cm³/mol. The fourth-order valence-corrected chi connectivity index (χ4v) is 3.10. The third-order valence-electron chi connectivity index (χ3n) is 3.73. The van der Waals surface area contributed by atoms with E-state index in [1.807, 2.05) is 19.2 Å². The first kappa shape index (κ1) is 16.6. The first-order chi connectivity index (χ1) is 11.3. The van der Waals surface area contributed by atoms with Gasteiger partial charge in [0.1, 0.15) is 0 Å². The molecule has 3 aromatic rings. The Kier molecular flexibility index (Phi) is 4.16. The van der Waals surface area contributed by atoms with Crippen LogP contribution in [0.1, 0.15) is 29.6 Å². The van der Waals surface area contributed by atoms with E-state index in [1.54, 1.807) is 6.07 Å². The Hall–Kier alpha value is -2.22. The van der Waals surface area contributed by atoms with Crippen LogP contribution in [-0.2, 0) is 12.6 Å². The lowest BCUT2D eigenvalue weighted by molar-refractivity contribution is -0.138. The molecule has 0 bridgehead atoms. The SMILES string of the molecule is CCc1nc(-c2csnc2C)n(-c2ccc(C)c(C(F)(F)F)c2)n1. The van der Waals surface area contributed by atoms with E-state index in [4.69, 9.17) is 0 Å². The molecule has 0 amide bonds. The smallest absolute Gasteiger partial charge is 0.213 e. The predicted octanol–water partition coefficient (Wildman–Crippen LogP) is 4.59. The number of hydrogen-bond donors (Lipinski definition) is 0. The molecular formula is C16H15F3N4S. The summed E-state index contributed by atoms with van der Waals surface area (Å²) >= 11 is 1.28. The molecule has 1 aromatic carbocycles. The molecule has 0 aliphatic rings. The number of nitrogens with zero attached hydrogens (tertiary/aromatic N) is 4. The van der Waals surface area contributed by atoms with Gasteiger partial charge in [-0.25, -0.2) is 9.67 Å². The number of hydrogen-bond acceptors (Lipinski definition) is 4. The average Bonchev–Trinajstić information content (AvgIpc) is 3.12. The molecule has 3 rings (SSSR count). The minimum absolute atomic E-state index is 0.178. The molecule has 126 valence electrons. The molecule has 4 nitrogen and oxygen atoms in total. The Morgan fingerprint density at radius 1 is 1.21 bits per heavy atom. The first-order valence-electron chi connectivity index (χ1n) is 7.36. The quantitative estimate of drug-likeness (QED) is 0.692. The van der Waals surface area contributed by atoms with Crippen molar-refractivity contribution in [2.75, 3.05) is 0 Å². The Morgan fingerprint density at radius 3 is 2.54 bits per heavy atom. The van der Waals surface area contributed by atoms with E-state index in [-0.39, 0.29) is 5.56 Å². The fraction of sp³-hybridized carbons (Fsp3) is 0.312.